The topological polar surface area (TPSA) is 104 Å². The van der Waals surface area contributed by atoms with Gasteiger partial charge in [-0.1, -0.05) is 31.0 Å². The van der Waals surface area contributed by atoms with Crippen LogP contribution in [0.25, 0.3) is 0 Å². The van der Waals surface area contributed by atoms with Crippen LogP contribution in [0.1, 0.15) is 74.6 Å². The summed E-state index contributed by atoms with van der Waals surface area (Å²) >= 11 is 0. The second-order valence-corrected chi connectivity index (χ2v) is 10.8. The van der Waals surface area contributed by atoms with E-state index in [0.29, 0.717) is 40.5 Å². The van der Waals surface area contributed by atoms with E-state index in [1.807, 2.05) is 30.3 Å². The summed E-state index contributed by atoms with van der Waals surface area (Å²) in [5.74, 6) is 0.209. The molecule has 0 spiro atoms. The number of aromatic nitrogens is 1. The Morgan fingerprint density at radius 1 is 1.00 bits per heavy atom. The summed E-state index contributed by atoms with van der Waals surface area (Å²) in [5, 5.41) is 12.2. The van der Waals surface area contributed by atoms with Gasteiger partial charge in [-0.25, -0.2) is 0 Å². The number of hydrogen-bond acceptors (Lipinski definition) is 6. The number of anilines is 2. The lowest BCUT2D eigenvalue weighted by atomic mass is 9.94. The number of rotatable bonds is 7. The van der Waals surface area contributed by atoms with Crippen LogP contribution in [0.5, 0.6) is 0 Å². The van der Waals surface area contributed by atoms with Crippen molar-refractivity contribution in [3.05, 3.63) is 89.2 Å². The molecule has 0 radical (unpaired) electrons. The number of hydrogen-bond donors (Lipinski definition) is 3. The van der Waals surface area contributed by atoms with E-state index in [1.165, 1.54) is 18.5 Å². The minimum atomic E-state index is -0.167. The average Bonchev–Trinajstić information content (AvgIpc) is 3.57. The number of nitrogen functional groups attached to an aromatic ring is 1. The van der Waals surface area contributed by atoms with Crippen LogP contribution in [0.3, 0.4) is 0 Å². The minimum Gasteiger partial charge on any atom is -0.398 e. The molecule has 7 nitrogen and oxygen atoms in total. The van der Waals surface area contributed by atoms with Crippen molar-refractivity contribution in [3.8, 4) is 0 Å². The molecule has 200 valence electrons. The Bertz CT molecular complexity index is 1300. The van der Waals surface area contributed by atoms with E-state index in [2.05, 4.69) is 27.3 Å². The van der Waals surface area contributed by atoms with Crippen molar-refractivity contribution in [2.45, 2.75) is 56.7 Å². The van der Waals surface area contributed by atoms with Crippen molar-refractivity contribution in [3.63, 3.8) is 0 Å². The summed E-state index contributed by atoms with van der Waals surface area (Å²) in [6.07, 6.45) is 8.63. The van der Waals surface area contributed by atoms with Gasteiger partial charge in [0.25, 0.3) is 5.91 Å². The predicted octanol–water partition coefficient (Wildman–Crippen LogP) is 5.60. The van der Waals surface area contributed by atoms with Crippen molar-refractivity contribution >= 4 is 23.0 Å². The van der Waals surface area contributed by atoms with Gasteiger partial charge in [0.2, 0.25) is 0 Å². The minimum absolute atomic E-state index is 0. The summed E-state index contributed by atoms with van der Waals surface area (Å²) in [6, 6.07) is 19.9. The Labute approximate surface area is 226 Å². The van der Waals surface area contributed by atoms with Gasteiger partial charge >= 0.3 is 0 Å². The van der Waals surface area contributed by atoms with Gasteiger partial charge in [0, 0.05) is 37.1 Å². The van der Waals surface area contributed by atoms with Gasteiger partial charge in [0.15, 0.2) is 0 Å². The first kappa shape index (κ1) is 24.6. The van der Waals surface area contributed by atoms with Gasteiger partial charge in [-0.2, -0.15) is 0 Å². The van der Waals surface area contributed by atoms with E-state index in [1.54, 1.807) is 24.4 Å². The molecule has 38 heavy (non-hydrogen) atoms. The van der Waals surface area contributed by atoms with E-state index in [-0.39, 0.29) is 14.8 Å². The zero-order chi connectivity index (χ0) is 26.1. The van der Waals surface area contributed by atoms with Gasteiger partial charge in [0.1, 0.15) is 0 Å². The van der Waals surface area contributed by atoms with Gasteiger partial charge < -0.3 is 20.7 Å². The highest BCUT2D eigenvalue weighted by Gasteiger charge is 2.37. The molecule has 4 N–H and O–H groups in total. The number of fused-ring (bicyclic) bond motifs is 2. The summed E-state index contributed by atoms with van der Waals surface area (Å²) in [5.41, 5.74) is 11.0. The third-order valence-corrected chi connectivity index (χ3v) is 8.44. The molecule has 2 unspecified atom stereocenters. The Morgan fingerprint density at radius 3 is 2.39 bits per heavy atom. The van der Waals surface area contributed by atoms with E-state index in [9.17, 15) is 4.79 Å². The average molecular weight is 514 g/mol. The fraction of sp³-hybridized carbons (Fsp3) is 0.387. The fourth-order valence-electron chi connectivity index (χ4n) is 6.43. The molecule has 2 aromatic carbocycles. The van der Waals surface area contributed by atoms with E-state index < -0.39 is 0 Å². The highest BCUT2D eigenvalue weighted by atomic mass is 16.5. The van der Waals surface area contributed by atoms with Gasteiger partial charge in [-0.05, 0) is 74.1 Å². The highest BCUT2D eigenvalue weighted by Crippen LogP contribution is 2.36. The normalized spacial score (nSPS) is 21.8. The maximum Gasteiger partial charge on any atom is 0.251 e. The number of amides is 1. The molecule has 7 heteroatoms. The molecule has 6 rings (SSSR count). The monoisotopic (exact) mass is 513 g/mol. The van der Waals surface area contributed by atoms with Gasteiger partial charge in [-0.3, -0.25) is 15.2 Å². The van der Waals surface area contributed by atoms with Crippen LogP contribution in [0.15, 0.2) is 66.9 Å². The van der Waals surface area contributed by atoms with Crippen LogP contribution in [0.4, 0.5) is 11.4 Å². The molecule has 2 aliphatic heterocycles. The van der Waals surface area contributed by atoms with Crippen LogP contribution in [-0.2, 0) is 4.74 Å². The van der Waals surface area contributed by atoms with Crippen LogP contribution >= 0.6 is 0 Å². The highest BCUT2D eigenvalue weighted by molar-refractivity contribution is 6.15. The maximum atomic E-state index is 13.4. The predicted molar refractivity (Wildman–Crippen MR) is 154 cm³/mol. The molecular formula is C31H39N5O2. The third-order valence-electron chi connectivity index (χ3n) is 8.44. The fourth-order valence-corrected chi connectivity index (χ4v) is 6.43. The number of morpholine rings is 1. The smallest absolute Gasteiger partial charge is 0.251 e. The van der Waals surface area contributed by atoms with E-state index in [0.717, 1.165) is 50.2 Å². The molecule has 3 heterocycles. The first-order valence-electron chi connectivity index (χ1n) is 13.8. The number of nitrogens with one attached hydrogen (secondary N) is 2. The molecular weight excluding hydrogens is 474 g/mol. The van der Waals surface area contributed by atoms with E-state index >= 15 is 0 Å². The quantitative estimate of drug-likeness (QED) is 0.282. The molecule has 1 aliphatic carbocycles. The lowest BCUT2D eigenvalue weighted by Gasteiger charge is -2.36. The number of benzene rings is 2. The largest absolute Gasteiger partial charge is 0.398 e. The molecule has 3 fully saturated rings. The molecule has 3 atom stereocenters. The zero-order valence-electron chi connectivity index (χ0n) is 21.6. The van der Waals surface area contributed by atoms with Crippen molar-refractivity contribution in [2.24, 2.45) is 5.92 Å². The Kier molecular flexibility index (Phi) is 6.85. The summed E-state index contributed by atoms with van der Waals surface area (Å²) in [6.45, 7) is 1.56. The molecule has 2 bridgehead atoms. The summed E-state index contributed by atoms with van der Waals surface area (Å²) in [4.78, 5) is 20.4. The Morgan fingerprint density at radius 2 is 1.71 bits per heavy atom. The number of nitrogens with zero attached hydrogens (tertiary/aromatic N) is 2. The second kappa shape index (κ2) is 10.6. The standard InChI is InChI=1S/C31H35N5O2.2H2/c32-27-15-10-22(31(37)35-30(21-5-1-2-6-21)28-7-3-4-16-34-28)17-26(27)29(33)20-8-11-23(12-9-20)36-24-13-14-25(36)19-38-18-24;;/h3-4,7-12,15-17,21,24-25,30,33H,1-2,5-6,13-14,18-19,32H2,(H,35,37);2*1H/t24?,25?,30-;;/m0../s1. The molecule has 1 aromatic heterocycles. The third kappa shape index (κ3) is 4.78. The van der Waals surface area contributed by atoms with Crippen LogP contribution in [0, 0.1) is 11.3 Å². The zero-order valence-corrected chi connectivity index (χ0v) is 21.6. The maximum absolute atomic E-state index is 13.4. The number of pyridine rings is 1. The van der Waals surface area contributed by atoms with Crippen LogP contribution in [-0.4, -0.2) is 41.9 Å². The van der Waals surface area contributed by atoms with E-state index in [4.69, 9.17) is 15.9 Å². The van der Waals surface area contributed by atoms with Crippen LogP contribution < -0.4 is 16.0 Å². The summed E-state index contributed by atoms with van der Waals surface area (Å²) in [7, 11) is 0. The van der Waals surface area contributed by atoms with Gasteiger partial charge in [-0.15, -0.1) is 0 Å². The SMILES string of the molecule is N=C(c1ccc(N2C3CCC2COC3)cc1)c1cc(C(=O)N[C@H](c2ccccn2)C2CCCC2)ccc1N.[HH].[HH]. The first-order chi connectivity index (χ1) is 18.6. The second-order valence-electron chi connectivity index (χ2n) is 10.8. The molecule has 1 saturated carbocycles. The molecule has 3 aromatic rings. The number of nitrogens with two attached hydrogens (primary N) is 1. The lowest BCUT2D eigenvalue weighted by molar-refractivity contribution is 0.0906. The number of carbonyl (C=O) groups excluding carboxylic acids is 1. The summed E-state index contributed by atoms with van der Waals surface area (Å²) < 4.78 is 5.72. The van der Waals surface area contributed by atoms with Gasteiger partial charge in [0.05, 0.1) is 42.7 Å². The van der Waals surface area contributed by atoms with Crippen molar-refractivity contribution in [2.75, 3.05) is 23.8 Å². The molecule has 2 saturated heterocycles. The first-order valence-corrected chi connectivity index (χ1v) is 13.8. The number of ether oxygens (including phenoxy) is 1. The van der Waals surface area contributed by atoms with Crippen molar-refractivity contribution < 1.29 is 12.4 Å². The number of carbonyl (C=O) groups is 1. The lowest BCUT2D eigenvalue weighted by Crippen LogP contribution is -2.45. The molecule has 3 aliphatic rings. The van der Waals surface area contributed by atoms with Crippen molar-refractivity contribution in [1.29, 1.82) is 5.41 Å². The Hall–Kier alpha value is -3.71. The Balaban J connectivity index is 0.00000185. The van der Waals surface area contributed by atoms with Crippen molar-refractivity contribution in [1.82, 2.24) is 10.3 Å². The van der Waals surface area contributed by atoms with Crippen LogP contribution in [0.2, 0.25) is 0 Å². The molecule has 1 amide bonds.